The van der Waals surface area contributed by atoms with Crippen LogP contribution < -0.4 is 10.6 Å². The molecule has 1 unspecified atom stereocenters. The van der Waals surface area contributed by atoms with Crippen LogP contribution in [0.1, 0.15) is 85.5 Å². The summed E-state index contributed by atoms with van der Waals surface area (Å²) in [4.78, 5) is 29.5. The zero-order chi connectivity index (χ0) is 24.1. The Balaban J connectivity index is 1.51. The molecule has 6 heteroatoms. The van der Waals surface area contributed by atoms with Gasteiger partial charge in [0, 0.05) is 26.1 Å². The van der Waals surface area contributed by atoms with E-state index in [0.29, 0.717) is 35.6 Å². The first-order valence-corrected chi connectivity index (χ1v) is 13.7. The van der Waals surface area contributed by atoms with Crippen LogP contribution in [0.25, 0.3) is 0 Å². The molecule has 0 aromatic rings. The van der Waals surface area contributed by atoms with Gasteiger partial charge in [0.15, 0.2) is 0 Å². The molecule has 3 aliphatic carbocycles. The van der Waals surface area contributed by atoms with E-state index in [0.717, 1.165) is 36.6 Å². The number of carbonyl (C=O) groups is 2. The van der Waals surface area contributed by atoms with Crippen molar-refractivity contribution in [3.05, 3.63) is 0 Å². The Labute approximate surface area is 206 Å². The molecule has 4 aliphatic rings. The average molecular weight is 476 g/mol. The third-order valence-corrected chi connectivity index (χ3v) is 11.0. The van der Waals surface area contributed by atoms with Gasteiger partial charge in [-0.2, -0.15) is 0 Å². The molecule has 3 saturated carbocycles. The molecule has 1 aliphatic heterocycles. The van der Waals surface area contributed by atoms with Crippen molar-refractivity contribution in [2.45, 2.75) is 97.6 Å². The highest BCUT2D eigenvalue weighted by Crippen LogP contribution is 2.66. The molecule has 4 fully saturated rings. The summed E-state index contributed by atoms with van der Waals surface area (Å²) in [5, 5.41) is 5.90. The van der Waals surface area contributed by atoms with Gasteiger partial charge in [0.1, 0.15) is 6.04 Å². The van der Waals surface area contributed by atoms with Gasteiger partial charge in [0.2, 0.25) is 11.8 Å². The van der Waals surface area contributed by atoms with Crippen LogP contribution >= 0.6 is 12.2 Å². The van der Waals surface area contributed by atoms with Crippen molar-refractivity contribution < 1.29 is 9.59 Å². The van der Waals surface area contributed by atoms with E-state index in [2.05, 4.69) is 50.3 Å². The molecule has 0 aromatic heterocycles. The van der Waals surface area contributed by atoms with Gasteiger partial charge in [-0.1, -0.05) is 39.9 Å². The van der Waals surface area contributed by atoms with Gasteiger partial charge in [-0.05, 0) is 92.3 Å². The number of amides is 2. The Hall–Kier alpha value is -1.17. The number of hydrogen-bond acceptors (Lipinski definition) is 3. The van der Waals surface area contributed by atoms with Gasteiger partial charge < -0.3 is 15.5 Å². The fourth-order valence-electron chi connectivity index (χ4n) is 8.73. The number of thiocarbonyl (C=S) groups is 1. The van der Waals surface area contributed by atoms with Gasteiger partial charge >= 0.3 is 0 Å². The standard InChI is InChI=1S/C27H45N3O2S/c1-16(2)15-21(25(32)28-5)29-24(31)20-9-8-18-17-7-10-22-27(4,14-12-23(33)30(22)6)19(17)11-13-26(18,20)3/h16-22H,7-15H2,1-6H3,(H,28,32)(H,29,31)/t17-,18-,19-,20+,21?,22+,26-,27+/m0/s1. The molecule has 2 N–H and O–H groups in total. The van der Waals surface area contributed by atoms with Crippen LogP contribution in [0.3, 0.4) is 0 Å². The first-order chi connectivity index (χ1) is 15.5. The largest absolute Gasteiger partial charge is 0.366 e. The lowest BCUT2D eigenvalue weighted by atomic mass is 9.47. The van der Waals surface area contributed by atoms with E-state index < -0.39 is 6.04 Å². The normalized spacial score (nSPS) is 41.1. The summed E-state index contributed by atoms with van der Waals surface area (Å²) in [6.07, 6.45) is 9.90. The summed E-state index contributed by atoms with van der Waals surface area (Å²) in [5.74, 6) is 2.48. The van der Waals surface area contributed by atoms with E-state index >= 15 is 0 Å². The number of likely N-dealkylation sites (tertiary alicyclic amines) is 1. The molecular weight excluding hydrogens is 430 g/mol. The Morgan fingerprint density at radius 2 is 1.76 bits per heavy atom. The second kappa shape index (κ2) is 9.13. The minimum atomic E-state index is -0.433. The van der Waals surface area contributed by atoms with E-state index in [1.807, 2.05) is 0 Å². The van der Waals surface area contributed by atoms with Crippen molar-refractivity contribution >= 4 is 29.0 Å². The summed E-state index contributed by atoms with van der Waals surface area (Å²) in [5.41, 5.74) is 0.388. The fourth-order valence-corrected chi connectivity index (χ4v) is 8.96. The highest BCUT2D eigenvalue weighted by atomic mass is 32.1. The topological polar surface area (TPSA) is 61.4 Å². The lowest BCUT2D eigenvalue weighted by Crippen LogP contribution is -2.61. The van der Waals surface area contributed by atoms with E-state index in [4.69, 9.17) is 12.2 Å². The SMILES string of the molecule is CNC(=O)C(CC(C)C)NC(=O)[C@H]1CC[C@H]2[C@@H]3CC[C@H]4N(C)C(=S)CC[C@]4(C)[C@H]3CC[C@]12C. The molecule has 0 radical (unpaired) electrons. The van der Waals surface area contributed by atoms with Crippen molar-refractivity contribution in [2.75, 3.05) is 14.1 Å². The number of likely N-dealkylation sites (N-methyl/N-ethyl adjacent to an activating group) is 1. The van der Waals surface area contributed by atoms with Gasteiger partial charge in [0.25, 0.3) is 0 Å². The summed E-state index contributed by atoms with van der Waals surface area (Å²) in [6, 6.07) is 0.145. The van der Waals surface area contributed by atoms with E-state index in [1.165, 1.54) is 25.7 Å². The molecule has 186 valence electrons. The maximum absolute atomic E-state index is 13.5. The first-order valence-electron chi connectivity index (χ1n) is 13.3. The van der Waals surface area contributed by atoms with Crippen LogP contribution in [-0.2, 0) is 9.59 Å². The highest BCUT2D eigenvalue weighted by molar-refractivity contribution is 7.80. The number of rotatable bonds is 5. The van der Waals surface area contributed by atoms with Gasteiger partial charge in [-0.3, -0.25) is 9.59 Å². The van der Waals surface area contributed by atoms with Gasteiger partial charge in [-0.25, -0.2) is 0 Å². The third-order valence-electron chi connectivity index (χ3n) is 10.5. The molecular formula is C27H45N3O2S. The minimum Gasteiger partial charge on any atom is -0.366 e. The second-order valence-corrected chi connectivity index (χ2v) is 12.9. The molecule has 1 heterocycles. The number of fused-ring (bicyclic) bond motifs is 5. The van der Waals surface area contributed by atoms with Crippen molar-refractivity contribution in [2.24, 2.45) is 40.4 Å². The lowest BCUT2D eigenvalue weighted by Gasteiger charge is -2.62. The monoisotopic (exact) mass is 475 g/mol. The zero-order valence-corrected chi connectivity index (χ0v) is 22.4. The van der Waals surface area contributed by atoms with Crippen LogP contribution in [0.4, 0.5) is 0 Å². The fraction of sp³-hybridized carbons (Fsp3) is 0.889. The lowest BCUT2D eigenvalue weighted by molar-refractivity contribution is -0.139. The Morgan fingerprint density at radius 3 is 2.42 bits per heavy atom. The maximum atomic E-state index is 13.5. The molecule has 1 saturated heterocycles. The minimum absolute atomic E-state index is 0.0231. The van der Waals surface area contributed by atoms with Gasteiger partial charge in [-0.15, -0.1) is 0 Å². The van der Waals surface area contributed by atoms with Crippen LogP contribution in [0.5, 0.6) is 0 Å². The predicted octanol–water partition coefficient (Wildman–Crippen LogP) is 4.54. The third kappa shape index (κ3) is 4.12. The maximum Gasteiger partial charge on any atom is 0.242 e. The van der Waals surface area contributed by atoms with Crippen LogP contribution in [0, 0.1) is 40.4 Å². The summed E-state index contributed by atoms with van der Waals surface area (Å²) in [7, 11) is 3.87. The molecule has 0 spiro atoms. The van der Waals surface area contributed by atoms with Crippen molar-refractivity contribution in [1.29, 1.82) is 0 Å². The molecule has 2 amide bonds. The average Bonchev–Trinajstić information content (AvgIpc) is 3.12. The molecule has 4 rings (SSSR count). The number of nitrogens with zero attached hydrogens (tertiary/aromatic N) is 1. The molecule has 33 heavy (non-hydrogen) atoms. The Bertz CT molecular complexity index is 800. The van der Waals surface area contributed by atoms with Crippen LogP contribution in [-0.4, -0.2) is 47.9 Å². The van der Waals surface area contributed by atoms with Crippen molar-refractivity contribution in [1.82, 2.24) is 15.5 Å². The summed E-state index contributed by atoms with van der Waals surface area (Å²) in [6.45, 7) is 9.12. The number of carbonyl (C=O) groups excluding carboxylic acids is 2. The number of nitrogens with one attached hydrogen (secondary N) is 2. The molecule has 8 atom stereocenters. The number of piperidine rings is 1. The van der Waals surface area contributed by atoms with Crippen LogP contribution in [0.15, 0.2) is 0 Å². The van der Waals surface area contributed by atoms with E-state index in [9.17, 15) is 9.59 Å². The Kier molecular flexibility index (Phi) is 6.90. The quantitative estimate of drug-likeness (QED) is 0.573. The highest BCUT2D eigenvalue weighted by Gasteiger charge is 2.61. The van der Waals surface area contributed by atoms with E-state index in [1.54, 1.807) is 7.05 Å². The smallest absolute Gasteiger partial charge is 0.242 e. The molecule has 5 nitrogen and oxygen atoms in total. The number of hydrogen-bond donors (Lipinski definition) is 2. The van der Waals surface area contributed by atoms with Crippen molar-refractivity contribution in [3.8, 4) is 0 Å². The molecule has 0 aromatic carbocycles. The zero-order valence-electron chi connectivity index (χ0n) is 21.6. The first kappa shape index (κ1) is 24.9. The summed E-state index contributed by atoms with van der Waals surface area (Å²) >= 11 is 5.67. The van der Waals surface area contributed by atoms with Crippen molar-refractivity contribution in [3.63, 3.8) is 0 Å². The van der Waals surface area contributed by atoms with E-state index in [-0.39, 0.29) is 23.1 Å². The molecule has 0 bridgehead atoms. The second-order valence-electron chi connectivity index (χ2n) is 12.5. The Morgan fingerprint density at radius 1 is 1.06 bits per heavy atom. The van der Waals surface area contributed by atoms with Crippen LogP contribution in [0.2, 0.25) is 0 Å². The predicted molar refractivity (Wildman–Crippen MR) is 137 cm³/mol. The van der Waals surface area contributed by atoms with Gasteiger partial charge in [0.05, 0.1) is 4.99 Å². The summed E-state index contributed by atoms with van der Waals surface area (Å²) < 4.78 is 0.